The maximum absolute atomic E-state index is 13.0. The first-order chi connectivity index (χ1) is 14.8. The molecule has 1 aliphatic carbocycles. The van der Waals surface area contributed by atoms with Gasteiger partial charge in [-0.2, -0.15) is 11.8 Å². The standard InChI is InChI=1S/C21H27FN4O4S/c1-31-12-18(26-19(28)14-4-5-14)21(30)25-17(9-8-16(27)10-23)20(29)24-11-13-2-6-15(22)7-3-13/h2-3,6-7,10,14,17-18,23H,4-5,8-9,11-12H2,1H3,(H,24,29)(H,25,30)(H,26,28)/t17-,18-/m0/s1. The Labute approximate surface area is 184 Å². The second-order valence-electron chi connectivity index (χ2n) is 7.35. The lowest BCUT2D eigenvalue weighted by Crippen LogP contribution is -2.54. The fourth-order valence-corrected chi connectivity index (χ4v) is 3.37. The molecule has 10 heteroatoms. The highest BCUT2D eigenvalue weighted by molar-refractivity contribution is 7.98. The summed E-state index contributed by atoms with van der Waals surface area (Å²) in [6.45, 7) is 0.122. The van der Waals surface area contributed by atoms with Crippen LogP contribution < -0.4 is 16.0 Å². The zero-order valence-corrected chi connectivity index (χ0v) is 18.1. The van der Waals surface area contributed by atoms with Crippen molar-refractivity contribution in [2.24, 2.45) is 5.92 Å². The van der Waals surface area contributed by atoms with E-state index in [0.717, 1.165) is 12.8 Å². The highest BCUT2D eigenvalue weighted by atomic mass is 32.2. The van der Waals surface area contributed by atoms with E-state index in [1.54, 1.807) is 6.26 Å². The van der Waals surface area contributed by atoms with Gasteiger partial charge in [0.15, 0.2) is 5.78 Å². The molecule has 8 nitrogen and oxygen atoms in total. The van der Waals surface area contributed by atoms with Crippen LogP contribution in [0.1, 0.15) is 31.2 Å². The first-order valence-corrected chi connectivity index (χ1v) is 11.4. The molecule has 0 radical (unpaired) electrons. The van der Waals surface area contributed by atoms with Gasteiger partial charge in [-0.1, -0.05) is 12.1 Å². The Bertz CT molecular complexity index is 814. The number of carbonyl (C=O) groups excluding carboxylic acids is 4. The van der Waals surface area contributed by atoms with Crippen LogP contribution in [0.15, 0.2) is 24.3 Å². The van der Waals surface area contributed by atoms with Crippen LogP contribution in [0.3, 0.4) is 0 Å². The number of halogens is 1. The lowest BCUT2D eigenvalue weighted by Gasteiger charge is -2.22. The molecule has 0 heterocycles. The topological polar surface area (TPSA) is 128 Å². The van der Waals surface area contributed by atoms with Crippen LogP contribution in [0.25, 0.3) is 0 Å². The number of hydrogen-bond donors (Lipinski definition) is 4. The molecular weight excluding hydrogens is 423 g/mol. The van der Waals surface area contributed by atoms with Crippen molar-refractivity contribution >= 4 is 41.5 Å². The van der Waals surface area contributed by atoms with E-state index in [9.17, 15) is 23.6 Å². The monoisotopic (exact) mass is 450 g/mol. The van der Waals surface area contributed by atoms with E-state index >= 15 is 0 Å². The van der Waals surface area contributed by atoms with Crippen molar-refractivity contribution in [3.8, 4) is 0 Å². The van der Waals surface area contributed by atoms with Crippen LogP contribution in [0.5, 0.6) is 0 Å². The van der Waals surface area contributed by atoms with E-state index in [-0.39, 0.29) is 31.2 Å². The smallest absolute Gasteiger partial charge is 0.244 e. The van der Waals surface area contributed by atoms with Gasteiger partial charge in [0.25, 0.3) is 0 Å². The SMILES string of the molecule is CSC[C@H](NC(=O)C1CC1)C(=O)N[C@@H](CCC(=O)C=N)C(=O)NCc1ccc(F)cc1. The minimum Gasteiger partial charge on any atom is -0.350 e. The molecule has 0 unspecified atom stereocenters. The summed E-state index contributed by atoms with van der Waals surface area (Å²) >= 11 is 1.39. The van der Waals surface area contributed by atoms with Crippen LogP contribution in [-0.4, -0.2) is 53.8 Å². The van der Waals surface area contributed by atoms with Gasteiger partial charge < -0.3 is 21.4 Å². The molecule has 0 bridgehead atoms. The molecular formula is C21H27FN4O4S. The van der Waals surface area contributed by atoms with Crippen molar-refractivity contribution in [3.05, 3.63) is 35.6 Å². The lowest BCUT2D eigenvalue weighted by molar-refractivity contribution is -0.132. The Morgan fingerprint density at radius 1 is 1.13 bits per heavy atom. The molecule has 4 N–H and O–H groups in total. The molecule has 2 atom stereocenters. The Hall–Kier alpha value is -2.75. The van der Waals surface area contributed by atoms with Gasteiger partial charge in [-0.05, 0) is 43.2 Å². The number of carbonyl (C=O) groups is 4. The molecule has 0 aromatic heterocycles. The number of rotatable bonds is 13. The highest BCUT2D eigenvalue weighted by Gasteiger charge is 2.33. The Morgan fingerprint density at radius 2 is 1.81 bits per heavy atom. The molecule has 2 rings (SSSR count). The van der Waals surface area contributed by atoms with Gasteiger partial charge in [0, 0.05) is 24.6 Å². The number of nitrogens with one attached hydrogen (secondary N) is 4. The van der Waals surface area contributed by atoms with E-state index in [2.05, 4.69) is 16.0 Å². The number of thioether (sulfide) groups is 1. The van der Waals surface area contributed by atoms with Crippen LogP contribution >= 0.6 is 11.8 Å². The number of hydrogen-bond acceptors (Lipinski definition) is 6. The predicted octanol–water partition coefficient (Wildman–Crippen LogP) is 1.18. The van der Waals surface area contributed by atoms with Gasteiger partial charge in [0.05, 0.1) is 6.21 Å². The van der Waals surface area contributed by atoms with E-state index < -0.39 is 35.5 Å². The average Bonchev–Trinajstić information content (AvgIpc) is 3.60. The Morgan fingerprint density at radius 3 is 2.39 bits per heavy atom. The van der Waals surface area contributed by atoms with Gasteiger partial charge in [0.1, 0.15) is 17.9 Å². The molecule has 3 amide bonds. The summed E-state index contributed by atoms with van der Waals surface area (Å²) in [6.07, 6.45) is 4.01. The maximum atomic E-state index is 13.0. The number of Topliss-reactive ketones (excluding diaryl/α,β-unsaturated/α-hetero) is 1. The molecule has 1 fully saturated rings. The summed E-state index contributed by atoms with van der Waals surface area (Å²) < 4.78 is 13.0. The van der Waals surface area contributed by atoms with Crippen molar-refractivity contribution < 1.29 is 23.6 Å². The molecule has 1 saturated carbocycles. The summed E-state index contributed by atoms with van der Waals surface area (Å²) in [4.78, 5) is 49.0. The van der Waals surface area contributed by atoms with Crippen molar-refractivity contribution in [2.45, 2.75) is 44.3 Å². The normalized spacial score (nSPS) is 14.8. The second kappa shape index (κ2) is 12.2. The van der Waals surface area contributed by atoms with E-state index in [4.69, 9.17) is 5.41 Å². The lowest BCUT2D eigenvalue weighted by atomic mass is 10.1. The van der Waals surface area contributed by atoms with Gasteiger partial charge >= 0.3 is 0 Å². The molecule has 1 aromatic rings. The molecule has 0 aliphatic heterocycles. The highest BCUT2D eigenvalue weighted by Crippen LogP contribution is 2.29. The second-order valence-corrected chi connectivity index (χ2v) is 8.26. The predicted molar refractivity (Wildman–Crippen MR) is 116 cm³/mol. The fourth-order valence-electron chi connectivity index (χ4n) is 2.80. The van der Waals surface area contributed by atoms with Crippen LogP contribution in [0, 0.1) is 17.1 Å². The van der Waals surface area contributed by atoms with E-state index in [1.165, 1.54) is 36.0 Å². The summed E-state index contributed by atoms with van der Waals surface area (Å²) in [5, 5.41) is 15.0. The summed E-state index contributed by atoms with van der Waals surface area (Å²) in [7, 11) is 0. The summed E-state index contributed by atoms with van der Waals surface area (Å²) in [6, 6.07) is 3.80. The zero-order chi connectivity index (χ0) is 22.8. The number of ketones is 1. The number of benzene rings is 1. The van der Waals surface area contributed by atoms with Gasteiger partial charge in [-0.3, -0.25) is 19.2 Å². The molecule has 168 valence electrons. The third-order valence-corrected chi connectivity index (χ3v) is 5.43. The summed E-state index contributed by atoms with van der Waals surface area (Å²) in [5.41, 5.74) is 0.673. The largest absolute Gasteiger partial charge is 0.350 e. The van der Waals surface area contributed by atoms with Crippen LogP contribution in [0.2, 0.25) is 0 Å². The quantitative estimate of drug-likeness (QED) is 0.336. The third kappa shape index (κ3) is 8.49. The molecule has 31 heavy (non-hydrogen) atoms. The van der Waals surface area contributed by atoms with Crippen molar-refractivity contribution in [1.29, 1.82) is 5.41 Å². The minimum absolute atomic E-state index is 0.0117. The van der Waals surface area contributed by atoms with Gasteiger partial charge in [0.2, 0.25) is 17.7 Å². The van der Waals surface area contributed by atoms with Gasteiger partial charge in [-0.25, -0.2) is 4.39 Å². The minimum atomic E-state index is -1.01. The number of amides is 3. The fraction of sp³-hybridized carbons (Fsp3) is 0.476. The average molecular weight is 451 g/mol. The van der Waals surface area contributed by atoms with Crippen LogP contribution in [-0.2, 0) is 25.7 Å². The summed E-state index contributed by atoms with van der Waals surface area (Å²) in [5.74, 6) is -1.76. The van der Waals surface area contributed by atoms with Crippen molar-refractivity contribution in [2.75, 3.05) is 12.0 Å². The zero-order valence-electron chi connectivity index (χ0n) is 17.3. The van der Waals surface area contributed by atoms with Crippen molar-refractivity contribution in [1.82, 2.24) is 16.0 Å². The first kappa shape index (κ1) is 24.5. The van der Waals surface area contributed by atoms with E-state index in [1.807, 2.05) is 0 Å². The van der Waals surface area contributed by atoms with Gasteiger partial charge in [-0.15, -0.1) is 0 Å². The third-order valence-electron chi connectivity index (χ3n) is 4.77. The molecule has 0 saturated heterocycles. The Kier molecular flexibility index (Phi) is 9.64. The maximum Gasteiger partial charge on any atom is 0.244 e. The van der Waals surface area contributed by atoms with E-state index in [0.29, 0.717) is 17.5 Å². The molecule has 0 spiro atoms. The molecule has 1 aromatic carbocycles. The first-order valence-electron chi connectivity index (χ1n) is 9.99. The van der Waals surface area contributed by atoms with Crippen molar-refractivity contribution in [3.63, 3.8) is 0 Å². The Balaban J connectivity index is 2.01. The van der Waals surface area contributed by atoms with Crippen LogP contribution in [0.4, 0.5) is 4.39 Å². The molecule has 1 aliphatic rings.